The van der Waals surface area contributed by atoms with Crippen molar-refractivity contribution in [3.63, 3.8) is 0 Å². The highest BCUT2D eigenvalue weighted by atomic mass is 19.1. The molecule has 25 heavy (non-hydrogen) atoms. The predicted molar refractivity (Wildman–Crippen MR) is 92.8 cm³/mol. The standard InChI is InChI=1S/C19H17FN2O3/c1-3-25-18-11-13(4-9-17(18)24-2)10-14(12-21)19(23)22-16-7-5-15(20)6-8-16/h4-11H,3H2,1-2H3,(H,22,23)/b14-10+. The maximum atomic E-state index is 12.9. The summed E-state index contributed by atoms with van der Waals surface area (Å²) in [6.07, 6.45) is 1.45. The van der Waals surface area contributed by atoms with Crippen molar-refractivity contribution >= 4 is 17.7 Å². The van der Waals surface area contributed by atoms with E-state index in [1.807, 2.05) is 13.0 Å². The molecule has 0 saturated heterocycles. The minimum atomic E-state index is -0.581. The Bertz CT molecular complexity index is 824. The number of carbonyl (C=O) groups excluding carboxylic acids is 1. The van der Waals surface area contributed by atoms with E-state index < -0.39 is 11.7 Å². The van der Waals surface area contributed by atoms with Crippen LogP contribution in [0, 0.1) is 17.1 Å². The molecule has 0 aliphatic heterocycles. The molecule has 5 nitrogen and oxygen atoms in total. The molecule has 0 aromatic heterocycles. The molecule has 6 heteroatoms. The minimum Gasteiger partial charge on any atom is -0.493 e. The minimum absolute atomic E-state index is 0.0862. The topological polar surface area (TPSA) is 71.3 Å². The third kappa shape index (κ3) is 4.82. The van der Waals surface area contributed by atoms with Gasteiger partial charge in [0.25, 0.3) is 5.91 Å². The highest BCUT2D eigenvalue weighted by Gasteiger charge is 2.11. The van der Waals surface area contributed by atoms with E-state index in [1.54, 1.807) is 18.2 Å². The molecule has 0 spiro atoms. The molecule has 1 N–H and O–H groups in total. The summed E-state index contributed by atoms with van der Waals surface area (Å²) < 4.78 is 23.6. The van der Waals surface area contributed by atoms with Crippen LogP contribution in [0.15, 0.2) is 48.0 Å². The van der Waals surface area contributed by atoms with E-state index in [2.05, 4.69) is 5.32 Å². The maximum absolute atomic E-state index is 12.9. The second-order valence-corrected chi connectivity index (χ2v) is 4.97. The van der Waals surface area contributed by atoms with Gasteiger partial charge in [-0.1, -0.05) is 6.07 Å². The number of anilines is 1. The van der Waals surface area contributed by atoms with Gasteiger partial charge in [0, 0.05) is 5.69 Å². The number of carbonyl (C=O) groups is 1. The number of nitrogens with zero attached hydrogens (tertiary/aromatic N) is 1. The molecule has 0 radical (unpaired) electrons. The summed E-state index contributed by atoms with van der Waals surface area (Å²) in [5.74, 6) is 0.0990. The van der Waals surface area contributed by atoms with Crippen LogP contribution < -0.4 is 14.8 Å². The number of amides is 1. The van der Waals surface area contributed by atoms with Crippen molar-refractivity contribution in [3.05, 3.63) is 59.4 Å². The Balaban J connectivity index is 2.24. The molecule has 128 valence electrons. The van der Waals surface area contributed by atoms with Crippen LogP contribution in [0.5, 0.6) is 11.5 Å². The molecular formula is C19H17FN2O3. The van der Waals surface area contributed by atoms with Gasteiger partial charge in [-0.15, -0.1) is 0 Å². The van der Waals surface area contributed by atoms with Crippen molar-refractivity contribution < 1.29 is 18.7 Å². The van der Waals surface area contributed by atoms with Crippen LogP contribution in [0.25, 0.3) is 6.08 Å². The summed E-state index contributed by atoms with van der Waals surface area (Å²) >= 11 is 0. The first-order chi connectivity index (χ1) is 12.1. The Hall–Kier alpha value is -3.33. The van der Waals surface area contributed by atoms with E-state index >= 15 is 0 Å². The normalized spacial score (nSPS) is 10.7. The Morgan fingerprint density at radius 2 is 1.96 bits per heavy atom. The van der Waals surface area contributed by atoms with Gasteiger partial charge in [-0.05, 0) is 55.0 Å². The lowest BCUT2D eigenvalue weighted by atomic mass is 10.1. The van der Waals surface area contributed by atoms with Gasteiger partial charge in [0.2, 0.25) is 0 Å². The maximum Gasteiger partial charge on any atom is 0.266 e. The monoisotopic (exact) mass is 340 g/mol. The molecule has 0 unspecified atom stereocenters. The predicted octanol–water partition coefficient (Wildman–Crippen LogP) is 3.78. The molecule has 1 amide bonds. The van der Waals surface area contributed by atoms with Gasteiger partial charge in [0.05, 0.1) is 13.7 Å². The van der Waals surface area contributed by atoms with Crippen LogP contribution >= 0.6 is 0 Å². The molecule has 0 aliphatic carbocycles. The third-order valence-corrected chi connectivity index (χ3v) is 3.27. The number of nitrogens with one attached hydrogen (secondary N) is 1. The summed E-state index contributed by atoms with van der Waals surface area (Å²) in [5, 5.41) is 11.8. The molecule has 0 saturated carbocycles. The van der Waals surface area contributed by atoms with Gasteiger partial charge >= 0.3 is 0 Å². The third-order valence-electron chi connectivity index (χ3n) is 3.27. The van der Waals surface area contributed by atoms with E-state index in [1.165, 1.54) is 37.5 Å². The summed E-state index contributed by atoms with van der Waals surface area (Å²) in [5.41, 5.74) is 0.935. The zero-order valence-corrected chi connectivity index (χ0v) is 13.9. The fourth-order valence-corrected chi connectivity index (χ4v) is 2.10. The highest BCUT2D eigenvalue weighted by molar-refractivity contribution is 6.09. The Kier molecular flexibility index (Phi) is 6.13. The lowest BCUT2D eigenvalue weighted by Crippen LogP contribution is -2.13. The lowest BCUT2D eigenvalue weighted by molar-refractivity contribution is -0.112. The summed E-state index contributed by atoms with van der Waals surface area (Å²) in [6.45, 7) is 2.30. The van der Waals surface area contributed by atoms with E-state index in [0.29, 0.717) is 29.4 Å². The van der Waals surface area contributed by atoms with E-state index in [9.17, 15) is 14.4 Å². The van der Waals surface area contributed by atoms with Gasteiger partial charge in [0.1, 0.15) is 17.5 Å². The van der Waals surface area contributed by atoms with Gasteiger partial charge in [-0.3, -0.25) is 4.79 Å². The molecule has 0 atom stereocenters. The SMILES string of the molecule is CCOc1cc(/C=C(\C#N)C(=O)Nc2ccc(F)cc2)ccc1OC. The number of nitriles is 1. The second-order valence-electron chi connectivity index (χ2n) is 4.97. The molecule has 0 aliphatic rings. The summed E-state index contributed by atoms with van der Waals surface area (Å²) in [4.78, 5) is 12.2. The van der Waals surface area contributed by atoms with Crippen LogP contribution in [-0.2, 0) is 4.79 Å². The molecule has 0 heterocycles. The van der Waals surface area contributed by atoms with Crippen LogP contribution in [0.3, 0.4) is 0 Å². The molecule has 0 fully saturated rings. The summed E-state index contributed by atoms with van der Waals surface area (Å²) in [6, 6.07) is 12.3. The number of ether oxygens (including phenoxy) is 2. The Labute approximate surface area is 145 Å². The first kappa shape index (κ1) is 18.0. The molecule has 2 rings (SSSR count). The summed E-state index contributed by atoms with van der Waals surface area (Å²) in [7, 11) is 1.53. The van der Waals surface area contributed by atoms with Crippen molar-refractivity contribution in [2.75, 3.05) is 19.0 Å². The van der Waals surface area contributed by atoms with Gasteiger partial charge in [-0.2, -0.15) is 5.26 Å². The number of halogens is 1. The molecule has 2 aromatic carbocycles. The van der Waals surface area contributed by atoms with Crippen LogP contribution in [0.2, 0.25) is 0 Å². The fraction of sp³-hybridized carbons (Fsp3) is 0.158. The first-order valence-corrected chi connectivity index (χ1v) is 7.57. The average Bonchev–Trinajstić information content (AvgIpc) is 2.62. The fourth-order valence-electron chi connectivity index (χ4n) is 2.10. The van der Waals surface area contributed by atoms with Gasteiger partial charge in [0.15, 0.2) is 11.5 Å². The number of rotatable bonds is 6. The quantitative estimate of drug-likeness (QED) is 0.642. The molecule has 2 aromatic rings. The average molecular weight is 340 g/mol. The van der Waals surface area contributed by atoms with Crippen LogP contribution in [0.1, 0.15) is 12.5 Å². The smallest absolute Gasteiger partial charge is 0.266 e. The van der Waals surface area contributed by atoms with E-state index in [0.717, 1.165) is 0 Å². The zero-order chi connectivity index (χ0) is 18.2. The van der Waals surface area contributed by atoms with Gasteiger partial charge < -0.3 is 14.8 Å². The highest BCUT2D eigenvalue weighted by Crippen LogP contribution is 2.29. The van der Waals surface area contributed by atoms with E-state index in [4.69, 9.17) is 9.47 Å². The van der Waals surface area contributed by atoms with E-state index in [-0.39, 0.29) is 5.57 Å². The lowest BCUT2D eigenvalue weighted by Gasteiger charge is -2.10. The van der Waals surface area contributed by atoms with Crippen LogP contribution in [0.4, 0.5) is 10.1 Å². The van der Waals surface area contributed by atoms with Crippen molar-refractivity contribution in [1.29, 1.82) is 5.26 Å². The number of hydrogen-bond acceptors (Lipinski definition) is 4. The molecule has 0 bridgehead atoms. The Morgan fingerprint density at radius 1 is 1.24 bits per heavy atom. The second kappa shape index (κ2) is 8.50. The van der Waals surface area contributed by atoms with Gasteiger partial charge in [-0.25, -0.2) is 4.39 Å². The molecular weight excluding hydrogens is 323 g/mol. The van der Waals surface area contributed by atoms with Crippen molar-refractivity contribution in [2.45, 2.75) is 6.92 Å². The number of methoxy groups -OCH3 is 1. The Morgan fingerprint density at radius 3 is 2.56 bits per heavy atom. The zero-order valence-electron chi connectivity index (χ0n) is 13.9. The van der Waals surface area contributed by atoms with Crippen LogP contribution in [-0.4, -0.2) is 19.6 Å². The van der Waals surface area contributed by atoms with Crippen molar-refractivity contribution in [1.82, 2.24) is 0 Å². The number of hydrogen-bond donors (Lipinski definition) is 1. The van der Waals surface area contributed by atoms with Crippen molar-refractivity contribution in [3.8, 4) is 17.6 Å². The largest absolute Gasteiger partial charge is 0.493 e. The van der Waals surface area contributed by atoms with Crippen molar-refractivity contribution in [2.24, 2.45) is 0 Å². The first-order valence-electron chi connectivity index (χ1n) is 7.57. The number of benzene rings is 2.